The van der Waals surface area contributed by atoms with Crippen molar-refractivity contribution in [1.82, 2.24) is 0 Å². The molecule has 9 heteroatoms. The summed E-state index contributed by atoms with van der Waals surface area (Å²) in [6.45, 7) is 0. The Hall–Kier alpha value is -3.20. The maximum absolute atomic E-state index is 12.6. The van der Waals surface area contributed by atoms with Crippen LogP contribution in [0.15, 0.2) is 35.7 Å². The highest BCUT2D eigenvalue weighted by Crippen LogP contribution is 2.35. The van der Waals surface area contributed by atoms with E-state index < -0.39 is 16.9 Å². The van der Waals surface area contributed by atoms with Crippen molar-refractivity contribution < 1.29 is 32.7 Å². The van der Waals surface area contributed by atoms with Crippen LogP contribution in [0.25, 0.3) is 6.08 Å². The van der Waals surface area contributed by atoms with Crippen LogP contribution < -0.4 is 24.3 Å². The van der Waals surface area contributed by atoms with Gasteiger partial charge in [0, 0.05) is 17.5 Å². The third-order valence-corrected chi connectivity index (χ3v) is 5.19. The van der Waals surface area contributed by atoms with E-state index in [9.17, 15) is 9.00 Å². The Kier molecular flexibility index (Phi) is 8.54. The first-order valence-corrected chi connectivity index (χ1v) is 10.2. The highest BCUT2D eigenvalue weighted by molar-refractivity contribution is 7.87. The summed E-state index contributed by atoms with van der Waals surface area (Å²) in [5, 5.41) is 4.14. The van der Waals surface area contributed by atoms with E-state index in [-0.39, 0.29) is 5.75 Å². The Balaban J connectivity index is 2.22. The van der Waals surface area contributed by atoms with E-state index in [0.717, 1.165) is 5.56 Å². The molecule has 2 rings (SSSR count). The number of ether oxygens (including phenoxy) is 5. The monoisotopic (exact) mass is 435 g/mol. The Morgan fingerprint density at radius 2 is 1.57 bits per heavy atom. The van der Waals surface area contributed by atoms with E-state index in [2.05, 4.69) is 10.1 Å². The molecule has 0 saturated heterocycles. The van der Waals surface area contributed by atoms with Crippen LogP contribution in [0, 0.1) is 0 Å². The number of nitrogens with one attached hydrogen (secondary N) is 1. The first-order chi connectivity index (χ1) is 14.4. The minimum absolute atomic E-state index is 0.233. The predicted octanol–water partition coefficient (Wildman–Crippen LogP) is 3.82. The van der Waals surface area contributed by atoms with Gasteiger partial charge in [-0.3, -0.25) is 9.53 Å². The van der Waals surface area contributed by atoms with Gasteiger partial charge in [-0.2, -0.15) is 0 Å². The second-order valence-electron chi connectivity index (χ2n) is 5.92. The molecule has 0 saturated carbocycles. The summed E-state index contributed by atoms with van der Waals surface area (Å²) >= 11 is 0. The zero-order valence-electron chi connectivity index (χ0n) is 17.5. The van der Waals surface area contributed by atoms with Gasteiger partial charge in [0.25, 0.3) is 0 Å². The van der Waals surface area contributed by atoms with Crippen LogP contribution in [-0.2, 0) is 21.3 Å². The molecule has 1 atom stereocenters. The predicted molar refractivity (Wildman–Crippen MR) is 116 cm³/mol. The van der Waals surface area contributed by atoms with Gasteiger partial charge in [0.05, 0.1) is 63.4 Å². The molecule has 0 bridgehead atoms. The van der Waals surface area contributed by atoms with E-state index >= 15 is 0 Å². The molecule has 1 unspecified atom stereocenters. The van der Waals surface area contributed by atoms with E-state index in [0.29, 0.717) is 34.2 Å². The normalized spacial score (nSPS) is 11.6. The van der Waals surface area contributed by atoms with Crippen LogP contribution in [0.2, 0.25) is 0 Å². The van der Waals surface area contributed by atoms with Gasteiger partial charge in [0.1, 0.15) is 23.0 Å². The van der Waals surface area contributed by atoms with E-state index in [4.69, 9.17) is 18.9 Å². The van der Waals surface area contributed by atoms with Crippen molar-refractivity contribution in [3.63, 3.8) is 0 Å². The number of hydrogen-bond donors (Lipinski definition) is 1. The largest absolute Gasteiger partial charge is 0.496 e. The van der Waals surface area contributed by atoms with E-state index in [1.807, 2.05) is 0 Å². The molecule has 2 aromatic rings. The first kappa shape index (κ1) is 23.1. The van der Waals surface area contributed by atoms with Crippen molar-refractivity contribution in [2.24, 2.45) is 0 Å². The van der Waals surface area contributed by atoms with Crippen molar-refractivity contribution in [2.45, 2.75) is 5.75 Å². The molecule has 0 fully saturated rings. The number of anilines is 1. The smallest absolute Gasteiger partial charge is 0.411 e. The summed E-state index contributed by atoms with van der Waals surface area (Å²) in [5.74, 6) is 2.36. The summed E-state index contributed by atoms with van der Waals surface area (Å²) < 4.78 is 38.5. The standard InChI is InChI=1S/C21H25NO7S/c1-25-15-11-19(27-3)16(20(12-15)28-4)8-9-30(24)13-14-6-7-18(26-2)17(10-14)22-21(23)29-5/h6-12H,13H2,1-5H3,(H,22,23). The van der Waals surface area contributed by atoms with Crippen LogP contribution in [0.4, 0.5) is 10.5 Å². The summed E-state index contributed by atoms with van der Waals surface area (Å²) in [6, 6.07) is 8.60. The third-order valence-electron chi connectivity index (χ3n) is 4.13. The number of hydrogen-bond acceptors (Lipinski definition) is 7. The van der Waals surface area contributed by atoms with Crippen molar-refractivity contribution >= 4 is 28.7 Å². The number of benzene rings is 2. The van der Waals surface area contributed by atoms with Crippen LogP contribution >= 0.6 is 0 Å². The molecule has 2 aromatic carbocycles. The lowest BCUT2D eigenvalue weighted by atomic mass is 10.1. The highest BCUT2D eigenvalue weighted by atomic mass is 32.2. The number of rotatable bonds is 9. The molecule has 0 aliphatic heterocycles. The zero-order valence-corrected chi connectivity index (χ0v) is 18.3. The first-order valence-electron chi connectivity index (χ1n) is 8.83. The Morgan fingerprint density at radius 3 is 2.10 bits per heavy atom. The highest BCUT2D eigenvalue weighted by Gasteiger charge is 2.12. The molecule has 0 spiro atoms. The van der Waals surface area contributed by atoms with Gasteiger partial charge in [-0.25, -0.2) is 4.79 Å². The minimum Gasteiger partial charge on any atom is -0.496 e. The average Bonchev–Trinajstić information content (AvgIpc) is 2.77. The average molecular weight is 435 g/mol. The Bertz CT molecular complexity index is 918. The van der Waals surface area contributed by atoms with Crippen LogP contribution in [0.3, 0.4) is 0 Å². The fourth-order valence-corrected chi connectivity index (χ4v) is 3.55. The Morgan fingerprint density at radius 1 is 0.933 bits per heavy atom. The number of amides is 1. The molecule has 0 aliphatic rings. The summed E-state index contributed by atoms with van der Waals surface area (Å²) in [5.41, 5.74) is 1.83. The summed E-state index contributed by atoms with van der Waals surface area (Å²) in [4.78, 5) is 11.5. The maximum Gasteiger partial charge on any atom is 0.411 e. The van der Waals surface area contributed by atoms with Gasteiger partial charge in [-0.05, 0) is 23.8 Å². The quantitative estimate of drug-likeness (QED) is 0.640. The van der Waals surface area contributed by atoms with Gasteiger partial charge < -0.3 is 23.7 Å². The fraction of sp³-hybridized carbons (Fsp3) is 0.286. The molecular weight excluding hydrogens is 410 g/mol. The number of methoxy groups -OCH3 is 5. The molecule has 0 aliphatic carbocycles. The molecule has 0 heterocycles. The van der Waals surface area contributed by atoms with Crippen molar-refractivity contribution in [1.29, 1.82) is 0 Å². The lowest BCUT2D eigenvalue weighted by molar-refractivity contribution is 0.187. The van der Waals surface area contributed by atoms with Gasteiger partial charge >= 0.3 is 6.09 Å². The molecule has 162 valence electrons. The number of carbonyl (C=O) groups excluding carboxylic acids is 1. The minimum atomic E-state index is -1.34. The van der Waals surface area contributed by atoms with E-state index in [1.54, 1.807) is 48.9 Å². The topological polar surface area (TPSA) is 92.3 Å². The second-order valence-corrected chi connectivity index (χ2v) is 7.25. The molecular formula is C21H25NO7S. The summed E-state index contributed by atoms with van der Waals surface area (Å²) in [7, 11) is 6.05. The lowest BCUT2D eigenvalue weighted by Crippen LogP contribution is -2.12. The van der Waals surface area contributed by atoms with Crippen LogP contribution in [-0.4, -0.2) is 45.9 Å². The van der Waals surface area contributed by atoms with Crippen molar-refractivity contribution in [2.75, 3.05) is 40.9 Å². The van der Waals surface area contributed by atoms with Crippen LogP contribution in [0.1, 0.15) is 11.1 Å². The molecule has 0 aromatic heterocycles. The second kappa shape index (κ2) is 11.1. The molecule has 30 heavy (non-hydrogen) atoms. The zero-order chi connectivity index (χ0) is 22.1. The molecule has 8 nitrogen and oxygen atoms in total. The maximum atomic E-state index is 12.6. The van der Waals surface area contributed by atoms with Gasteiger partial charge in [-0.1, -0.05) is 6.07 Å². The molecule has 0 radical (unpaired) electrons. The molecule has 1 N–H and O–H groups in total. The fourth-order valence-electron chi connectivity index (χ4n) is 2.66. The van der Waals surface area contributed by atoms with Crippen molar-refractivity contribution in [3.05, 3.63) is 46.9 Å². The molecule has 1 amide bonds. The van der Waals surface area contributed by atoms with E-state index in [1.165, 1.54) is 28.4 Å². The van der Waals surface area contributed by atoms with Crippen molar-refractivity contribution in [3.8, 4) is 23.0 Å². The van der Waals surface area contributed by atoms with Gasteiger partial charge in [0.15, 0.2) is 0 Å². The SMILES string of the molecule is COC(=O)Nc1cc(CS(=O)C=Cc2c(OC)cc(OC)cc2OC)ccc1OC. The summed E-state index contributed by atoms with van der Waals surface area (Å²) in [6.07, 6.45) is 1.06. The van der Waals surface area contributed by atoms with Crippen LogP contribution in [0.5, 0.6) is 23.0 Å². The van der Waals surface area contributed by atoms with Gasteiger partial charge in [-0.15, -0.1) is 0 Å². The number of carbonyl (C=O) groups is 1. The third kappa shape index (κ3) is 5.90. The Labute approximate surface area is 178 Å². The van der Waals surface area contributed by atoms with Gasteiger partial charge in [0.2, 0.25) is 0 Å². The lowest BCUT2D eigenvalue weighted by Gasteiger charge is -2.12.